The number of amides is 2. The summed E-state index contributed by atoms with van der Waals surface area (Å²) in [4.78, 5) is 28.1. The third-order valence-corrected chi connectivity index (χ3v) is 7.41. The molecule has 0 aliphatic carbocycles. The number of carbonyl (C=O) groups is 2. The van der Waals surface area contributed by atoms with Gasteiger partial charge in [0, 0.05) is 16.7 Å². The Labute approximate surface area is 218 Å². The van der Waals surface area contributed by atoms with Gasteiger partial charge in [-0.1, -0.05) is 87.9 Å². The van der Waals surface area contributed by atoms with Crippen molar-refractivity contribution < 1.29 is 9.59 Å². The molecule has 35 heavy (non-hydrogen) atoms. The largest absolute Gasteiger partial charge is 0.351 e. The number of anilines is 1. The van der Waals surface area contributed by atoms with E-state index < -0.39 is 11.2 Å². The Hall–Kier alpha value is -3.34. The number of nitrogens with zero attached hydrogens (tertiary/aromatic N) is 2. The molecule has 3 aromatic rings. The van der Waals surface area contributed by atoms with Gasteiger partial charge in [-0.3, -0.25) is 14.5 Å². The zero-order chi connectivity index (χ0) is 24.8. The van der Waals surface area contributed by atoms with E-state index >= 15 is 0 Å². The molecule has 1 atom stereocenters. The van der Waals surface area contributed by atoms with Crippen molar-refractivity contribution in [2.45, 2.75) is 25.0 Å². The predicted molar refractivity (Wildman–Crippen MR) is 144 cm³/mol. The highest BCUT2D eigenvalue weighted by Gasteiger charge is 2.40. The molecular weight excluding hydrogens is 522 g/mol. The third kappa shape index (κ3) is 6.02. The Kier molecular flexibility index (Phi) is 8.06. The summed E-state index contributed by atoms with van der Waals surface area (Å²) in [5.74, 6) is -0.613. The second kappa shape index (κ2) is 11.4. The van der Waals surface area contributed by atoms with Crippen molar-refractivity contribution in [3.8, 4) is 6.07 Å². The number of nitrogens with one attached hydrogen (secondary N) is 1. The van der Waals surface area contributed by atoms with Crippen molar-refractivity contribution >= 4 is 45.2 Å². The molecular formula is C28H24BrN3O2S. The summed E-state index contributed by atoms with van der Waals surface area (Å²) in [7, 11) is 0. The molecule has 5 nitrogen and oxygen atoms in total. The first-order valence-corrected chi connectivity index (χ1v) is 12.9. The van der Waals surface area contributed by atoms with Gasteiger partial charge in [0.1, 0.15) is 16.7 Å². The van der Waals surface area contributed by atoms with Crippen LogP contribution in [0.15, 0.2) is 93.9 Å². The van der Waals surface area contributed by atoms with Crippen LogP contribution in [0.4, 0.5) is 5.69 Å². The van der Waals surface area contributed by atoms with Crippen LogP contribution in [0.25, 0.3) is 0 Å². The van der Waals surface area contributed by atoms with E-state index in [9.17, 15) is 14.9 Å². The van der Waals surface area contributed by atoms with E-state index in [1.54, 1.807) is 0 Å². The van der Waals surface area contributed by atoms with Crippen molar-refractivity contribution in [3.63, 3.8) is 0 Å². The number of carbonyl (C=O) groups excluding carboxylic acids is 2. The molecule has 1 N–H and O–H groups in total. The Morgan fingerprint density at radius 1 is 1.06 bits per heavy atom. The SMILES string of the molecule is Cc1ccc(N2C(=O)[C@@H](Cc3cccc(Br)c3)S/C2=C(/C#N)C(=O)NCCc2ccccc2)cc1. The first-order valence-electron chi connectivity index (χ1n) is 11.2. The molecule has 1 heterocycles. The second-order valence-corrected chi connectivity index (χ2v) is 10.3. The smallest absolute Gasteiger partial charge is 0.264 e. The highest BCUT2D eigenvalue weighted by Crippen LogP contribution is 2.42. The van der Waals surface area contributed by atoms with Crippen LogP contribution in [-0.2, 0) is 22.4 Å². The summed E-state index contributed by atoms with van der Waals surface area (Å²) in [5.41, 5.74) is 3.75. The highest BCUT2D eigenvalue weighted by atomic mass is 79.9. The normalized spacial score (nSPS) is 16.7. The summed E-state index contributed by atoms with van der Waals surface area (Å²) in [6, 6.07) is 27.2. The fraction of sp³-hybridized carbons (Fsp3) is 0.179. The van der Waals surface area contributed by atoms with Gasteiger partial charge in [-0.05, 0) is 55.2 Å². The van der Waals surface area contributed by atoms with E-state index in [0.29, 0.717) is 30.1 Å². The van der Waals surface area contributed by atoms with Crippen molar-refractivity contribution in [2.75, 3.05) is 11.4 Å². The van der Waals surface area contributed by atoms with E-state index in [-0.39, 0.29) is 11.5 Å². The molecule has 176 valence electrons. The average molecular weight is 546 g/mol. The van der Waals surface area contributed by atoms with Crippen LogP contribution in [0.5, 0.6) is 0 Å². The van der Waals surface area contributed by atoms with E-state index in [1.807, 2.05) is 85.8 Å². The maximum atomic E-state index is 13.6. The number of halogens is 1. The lowest BCUT2D eigenvalue weighted by molar-refractivity contribution is -0.117. The van der Waals surface area contributed by atoms with Gasteiger partial charge >= 0.3 is 0 Å². The third-order valence-electron chi connectivity index (χ3n) is 5.65. The van der Waals surface area contributed by atoms with Gasteiger partial charge in [0.15, 0.2) is 0 Å². The van der Waals surface area contributed by atoms with Crippen LogP contribution in [0.2, 0.25) is 0 Å². The maximum Gasteiger partial charge on any atom is 0.264 e. The Bertz CT molecular complexity index is 1300. The summed E-state index contributed by atoms with van der Waals surface area (Å²) >= 11 is 4.76. The Morgan fingerprint density at radius 2 is 1.77 bits per heavy atom. The number of hydrogen-bond donors (Lipinski definition) is 1. The second-order valence-electron chi connectivity index (χ2n) is 8.23. The Morgan fingerprint density at radius 3 is 2.46 bits per heavy atom. The van der Waals surface area contributed by atoms with Gasteiger partial charge in [-0.25, -0.2) is 0 Å². The molecule has 0 saturated carbocycles. The van der Waals surface area contributed by atoms with Gasteiger partial charge in [0.05, 0.1) is 5.25 Å². The van der Waals surface area contributed by atoms with Gasteiger partial charge < -0.3 is 5.32 Å². The molecule has 1 aliphatic rings. The maximum absolute atomic E-state index is 13.6. The molecule has 2 amide bonds. The number of hydrogen-bond acceptors (Lipinski definition) is 4. The molecule has 7 heteroatoms. The van der Waals surface area contributed by atoms with Crippen molar-refractivity contribution in [3.05, 3.63) is 111 Å². The predicted octanol–water partition coefficient (Wildman–Crippen LogP) is 5.54. The number of rotatable bonds is 7. The average Bonchev–Trinajstić information content (AvgIpc) is 3.16. The molecule has 0 spiro atoms. The van der Waals surface area contributed by atoms with Crippen molar-refractivity contribution in [1.29, 1.82) is 5.26 Å². The number of nitriles is 1. The lowest BCUT2D eigenvalue weighted by Gasteiger charge is -2.19. The van der Waals surface area contributed by atoms with Crippen molar-refractivity contribution in [1.82, 2.24) is 5.32 Å². The molecule has 1 saturated heterocycles. The molecule has 0 unspecified atom stereocenters. The number of aryl methyl sites for hydroxylation is 1. The molecule has 3 aromatic carbocycles. The van der Waals surface area contributed by atoms with E-state index in [1.165, 1.54) is 16.7 Å². The monoisotopic (exact) mass is 545 g/mol. The van der Waals surface area contributed by atoms with E-state index in [2.05, 4.69) is 27.3 Å². The minimum atomic E-state index is -0.473. The molecule has 1 aliphatic heterocycles. The first kappa shape index (κ1) is 24.8. The molecule has 0 radical (unpaired) electrons. The summed E-state index contributed by atoms with van der Waals surface area (Å²) in [6.07, 6.45) is 1.14. The minimum Gasteiger partial charge on any atom is -0.351 e. The summed E-state index contributed by atoms with van der Waals surface area (Å²) in [5, 5.41) is 12.7. The summed E-state index contributed by atoms with van der Waals surface area (Å²) in [6.45, 7) is 2.37. The highest BCUT2D eigenvalue weighted by molar-refractivity contribution is 9.10. The lowest BCUT2D eigenvalue weighted by atomic mass is 10.1. The first-order chi connectivity index (χ1) is 17.0. The van der Waals surface area contributed by atoms with Crippen LogP contribution < -0.4 is 10.2 Å². The molecule has 0 aromatic heterocycles. The van der Waals surface area contributed by atoms with Gasteiger partial charge in [-0.2, -0.15) is 5.26 Å². The van der Waals surface area contributed by atoms with Crippen molar-refractivity contribution in [2.24, 2.45) is 0 Å². The minimum absolute atomic E-state index is 0.0475. The van der Waals surface area contributed by atoms with Gasteiger partial charge in [0.25, 0.3) is 5.91 Å². The van der Waals surface area contributed by atoms with E-state index in [4.69, 9.17) is 0 Å². The zero-order valence-corrected chi connectivity index (χ0v) is 21.6. The zero-order valence-electron chi connectivity index (χ0n) is 19.2. The summed E-state index contributed by atoms with van der Waals surface area (Å²) < 4.78 is 0.937. The van der Waals surface area contributed by atoms with Crippen LogP contribution in [0.1, 0.15) is 16.7 Å². The van der Waals surface area contributed by atoms with Gasteiger partial charge in [-0.15, -0.1) is 0 Å². The van der Waals surface area contributed by atoms with Crippen LogP contribution in [-0.4, -0.2) is 23.6 Å². The number of benzene rings is 3. The quantitative estimate of drug-likeness (QED) is 0.312. The van der Waals surface area contributed by atoms with Gasteiger partial charge in [0.2, 0.25) is 5.91 Å². The standard InChI is InChI=1S/C28H24BrN3O2S/c1-19-10-12-23(13-11-19)32-27(34)25(17-21-8-5-9-22(29)16-21)35-28(32)24(18-30)26(33)31-15-14-20-6-3-2-4-7-20/h2-13,16,25H,14-15,17H2,1H3,(H,31,33)/b28-24-/t25-/m1/s1. The molecule has 1 fully saturated rings. The van der Waals surface area contributed by atoms with E-state index in [0.717, 1.165) is 21.2 Å². The van der Waals surface area contributed by atoms with Crippen LogP contribution in [0, 0.1) is 18.3 Å². The molecule has 0 bridgehead atoms. The topological polar surface area (TPSA) is 73.2 Å². The fourth-order valence-corrected chi connectivity index (χ4v) is 5.60. The fourth-order valence-electron chi connectivity index (χ4n) is 3.85. The number of thioether (sulfide) groups is 1. The van der Waals surface area contributed by atoms with Crippen LogP contribution >= 0.6 is 27.7 Å². The molecule has 4 rings (SSSR count). The van der Waals surface area contributed by atoms with Crippen LogP contribution in [0.3, 0.4) is 0 Å². The Balaban J connectivity index is 1.62. The lowest BCUT2D eigenvalue weighted by Crippen LogP contribution is -2.32.